The lowest BCUT2D eigenvalue weighted by atomic mass is 10.1. The smallest absolute Gasteiger partial charge is 0.295 e. The minimum atomic E-state index is -0.397. The number of ether oxygens (including phenoxy) is 2. The summed E-state index contributed by atoms with van der Waals surface area (Å²) in [6.07, 6.45) is 0. The number of rotatable bonds is 6. The SMILES string of the molecule is COc1ccc(NC(=O)c2nc(-c3ccc(C)cc3)n(-c3ccc(OC)cc3)n2)cc1. The zero-order valence-corrected chi connectivity index (χ0v) is 17.5. The largest absolute Gasteiger partial charge is 0.497 e. The van der Waals surface area contributed by atoms with Gasteiger partial charge in [-0.25, -0.2) is 9.67 Å². The number of benzene rings is 3. The van der Waals surface area contributed by atoms with E-state index in [2.05, 4.69) is 15.4 Å². The quantitative estimate of drug-likeness (QED) is 0.502. The molecule has 0 aliphatic carbocycles. The molecule has 0 aliphatic heterocycles. The van der Waals surface area contributed by atoms with Gasteiger partial charge in [0.25, 0.3) is 5.91 Å². The lowest BCUT2D eigenvalue weighted by Gasteiger charge is -2.07. The number of aromatic nitrogens is 3. The minimum absolute atomic E-state index is 0.0715. The molecule has 0 unspecified atom stereocenters. The Balaban J connectivity index is 1.70. The zero-order chi connectivity index (χ0) is 21.8. The summed E-state index contributed by atoms with van der Waals surface area (Å²) < 4.78 is 12.1. The maximum absolute atomic E-state index is 12.9. The van der Waals surface area contributed by atoms with Gasteiger partial charge in [0.05, 0.1) is 19.9 Å². The van der Waals surface area contributed by atoms with Gasteiger partial charge in [0.2, 0.25) is 5.82 Å². The minimum Gasteiger partial charge on any atom is -0.497 e. The van der Waals surface area contributed by atoms with Crippen LogP contribution in [0.4, 0.5) is 5.69 Å². The average Bonchev–Trinajstić information content (AvgIpc) is 3.26. The Morgan fingerprint density at radius 3 is 2.00 bits per heavy atom. The van der Waals surface area contributed by atoms with Gasteiger partial charge in [-0.05, 0) is 55.5 Å². The lowest BCUT2D eigenvalue weighted by Crippen LogP contribution is -2.14. The summed E-state index contributed by atoms with van der Waals surface area (Å²) in [6, 6.07) is 22.4. The number of hydrogen-bond donors (Lipinski definition) is 1. The van der Waals surface area contributed by atoms with Crippen LogP contribution in [0.1, 0.15) is 16.2 Å². The lowest BCUT2D eigenvalue weighted by molar-refractivity contribution is 0.101. The molecule has 31 heavy (non-hydrogen) atoms. The Morgan fingerprint density at radius 2 is 1.42 bits per heavy atom. The van der Waals surface area contributed by atoms with Gasteiger partial charge in [-0.2, -0.15) is 0 Å². The van der Waals surface area contributed by atoms with E-state index in [1.54, 1.807) is 43.2 Å². The number of amides is 1. The first-order chi connectivity index (χ1) is 15.1. The molecule has 1 N–H and O–H groups in total. The van der Waals surface area contributed by atoms with Crippen molar-refractivity contribution >= 4 is 11.6 Å². The second kappa shape index (κ2) is 8.71. The van der Waals surface area contributed by atoms with Crippen LogP contribution in [0.15, 0.2) is 72.8 Å². The van der Waals surface area contributed by atoms with Crippen molar-refractivity contribution in [1.82, 2.24) is 14.8 Å². The predicted molar refractivity (Wildman–Crippen MR) is 119 cm³/mol. The number of hydrogen-bond acceptors (Lipinski definition) is 5. The Bertz CT molecular complexity index is 1180. The van der Waals surface area contributed by atoms with Crippen LogP contribution >= 0.6 is 0 Å². The van der Waals surface area contributed by atoms with Crippen LogP contribution < -0.4 is 14.8 Å². The summed E-state index contributed by atoms with van der Waals surface area (Å²) >= 11 is 0. The highest BCUT2D eigenvalue weighted by atomic mass is 16.5. The second-order valence-electron chi connectivity index (χ2n) is 6.92. The fourth-order valence-corrected chi connectivity index (χ4v) is 3.06. The van der Waals surface area contributed by atoms with Gasteiger partial charge < -0.3 is 14.8 Å². The Hall–Kier alpha value is -4.13. The number of aryl methyl sites for hydroxylation is 1. The monoisotopic (exact) mass is 414 g/mol. The van der Waals surface area contributed by atoms with Crippen LogP contribution in [-0.4, -0.2) is 34.9 Å². The molecule has 3 aromatic carbocycles. The van der Waals surface area contributed by atoms with E-state index in [-0.39, 0.29) is 5.82 Å². The highest BCUT2D eigenvalue weighted by Crippen LogP contribution is 2.24. The van der Waals surface area contributed by atoms with E-state index in [0.29, 0.717) is 17.3 Å². The first-order valence-corrected chi connectivity index (χ1v) is 9.71. The molecule has 156 valence electrons. The first kappa shape index (κ1) is 20.2. The maximum Gasteiger partial charge on any atom is 0.295 e. The van der Waals surface area contributed by atoms with E-state index in [4.69, 9.17) is 9.47 Å². The maximum atomic E-state index is 12.9. The van der Waals surface area contributed by atoms with Gasteiger partial charge >= 0.3 is 0 Å². The van der Waals surface area contributed by atoms with E-state index in [9.17, 15) is 4.79 Å². The number of nitrogens with zero attached hydrogens (tertiary/aromatic N) is 3. The van der Waals surface area contributed by atoms with Crippen molar-refractivity contribution in [2.75, 3.05) is 19.5 Å². The molecule has 0 aliphatic rings. The molecular weight excluding hydrogens is 392 g/mol. The fourth-order valence-electron chi connectivity index (χ4n) is 3.06. The molecule has 0 fully saturated rings. The van der Waals surface area contributed by atoms with E-state index in [1.807, 2.05) is 55.5 Å². The number of methoxy groups -OCH3 is 2. The molecule has 7 heteroatoms. The standard InChI is InChI=1S/C24H22N4O3/c1-16-4-6-17(7-5-16)23-26-22(24(29)25-18-8-12-20(30-2)13-9-18)27-28(23)19-10-14-21(31-3)15-11-19/h4-15H,1-3H3,(H,25,29). The predicted octanol–water partition coefficient (Wildman–Crippen LogP) is 4.51. The second-order valence-corrected chi connectivity index (χ2v) is 6.92. The number of anilines is 1. The summed E-state index contributed by atoms with van der Waals surface area (Å²) in [4.78, 5) is 17.4. The van der Waals surface area contributed by atoms with Gasteiger partial charge in [-0.1, -0.05) is 29.8 Å². The van der Waals surface area contributed by atoms with Crippen LogP contribution in [0.2, 0.25) is 0 Å². The summed E-state index contributed by atoms with van der Waals surface area (Å²) in [5, 5.41) is 7.32. The van der Waals surface area contributed by atoms with Crippen LogP contribution in [-0.2, 0) is 0 Å². The highest BCUT2D eigenvalue weighted by Gasteiger charge is 2.19. The van der Waals surface area contributed by atoms with Gasteiger partial charge in [-0.15, -0.1) is 5.10 Å². The molecule has 1 aromatic heterocycles. The van der Waals surface area contributed by atoms with E-state index < -0.39 is 5.91 Å². The van der Waals surface area contributed by atoms with E-state index >= 15 is 0 Å². The molecule has 7 nitrogen and oxygen atoms in total. The number of carbonyl (C=O) groups excluding carboxylic acids is 1. The molecular formula is C24H22N4O3. The molecule has 0 radical (unpaired) electrons. The molecule has 0 saturated heterocycles. The van der Waals surface area contributed by atoms with Crippen LogP contribution in [0.3, 0.4) is 0 Å². The normalized spacial score (nSPS) is 10.5. The molecule has 4 rings (SSSR count). The van der Waals surface area contributed by atoms with Crippen molar-refractivity contribution < 1.29 is 14.3 Å². The number of carbonyl (C=O) groups is 1. The van der Waals surface area contributed by atoms with Crippen LogP contribution in [0, 0.1) is 6.92 Å². The third kappa shape index (κ3) is 4.40. The summed E-state index contributed by atoms with van der Waals surface area (Å²) in [5.74, 6) is 1.69. The van der Waals surface area contributed by atoms with Crippen molar-refractivity contribution in [3.63, 3.8) is 0 Å². The van der Waals surface area contributed by atoms with Crippen LogP contribution in [0.25, 0.3) is 17.1 Å². The van der Waals surface area contributed by atoms with Crippen LogP contribution in [0.5, 0.6) is 11.5 Å². The van der Waals surface area contributed by atoms with E-state index in [0.717, 1.165) is 22.6 Å². The summed E-state index contributed by atoms with van der Waals surface area (Å²) in [5.41, 5.74) is 3.39. The third-order valence-corrected chi connectivity index (χ3v) is 4.78. The topological polar surface area (TPSA) is 78.3 Å². The van der Waals surface area contributed by atoms with Crippen molar-refractivity contribution in [3.05, 3.63) is 84.2 Å². The summed E-state index contributed by atoms with van der Waals surface area (Å²) in [7, 11) is 3.21. The molecule has 0 bridgehead atoms. The Kier molecular flexibility index (Phi) is 5.66. The highest BCUT2D eigenvalue weighted by molar-refractivity contribution is 6.01. The molecule has 0 saturated carbocycles. The molecule has 1 amide bonds. The molecule has 4 aromatic rings. The zero-order valence-electron chi connectivity index (χ0n) is 17.5. The van der Waals surface area contributed by atoms with E-state index in [1.165, 1.54) is 0 Å². The van der Waals surface area contributed by atoms with Crippen molar-refractivity contribution in [2.45, 2.75) is 6.92 Å². The van der Waals surface area contributed by atoms with Gasteiger partial charge in [0.15, 0.2) is 5.82 Å². The van der Waals surface area contributed by atoms with Gasteiger partial charge in [0.1, 0.15) is 11.5 Å². The fraction of sp³-hybridized carbons (Fsp3) is 0.125. The number of nitrogens with one attached hydrogen (secondary N) is 1. The van der Waals surface area contributed by atoms with Crippen molar-refractivity contribution in [3.8, 4) is 28.6 Å². The molecule has 0 spiro atoms. The molecule has 0 atom stereocenters. The third-order valence-electron chi connectivity index (χ3n) is 4.78. The summed E-state index contributed by atoms with van der Waals surface area (Å²) in [6.45, 7) is 2.02. The first-order valence-electron chi connectivity index (χ1n) is 9.71. The molecule has 1 heterocycles. The average molecular weight is 414 g/mol. The van der Waals surface area contributed by atoms with Gasteiger partial charge in [0, 0.05) is 11.3 Å². The van der Waals surface area contributed by atoms with Crippen molar-refractivity contribution in [1.29, 1.82) is 0 Å². The Morgan fingerprint density at radius 1 is 0.839 bits per heavy atom. The Labute approximate surface area is 180 Å². The van der Waals surface area contributed by atoms with Crippen molar-refractivity contribution in [2.24, 2.45) is 0 Å². The van der Waals surface area contributed by atoms with Gasteiger partial charge in [-0.3, -0.25) is 4.79 Å².